The van der Waals surface area contributed by atoms with Crippen LogP contribution >= 0.6 is 15.9 Å². The summed E-state index contributed by atoms with van der Waals surface area (Å²) in [5.41, 5.74) is -0.472. The molecular weight excluding hydrogens is 340 g/mol. The van der Waals surface area contributed by atoms with Crippen LogP contribution in [0.1, 0.15) is 6.92 Å². The number of hydrogen-bond acceptors (Lipinski definition) is 5. The molecule has 0 heterocycles. The van der Waals surface area contributed by atoms with Crippen LogP contribution in [-0.4, -0.2) is 33.1 Å². The number of nitro groups is 1. The Morgan fingerprint density at radius 1 is 1.53 bits per heavy atom. The van der Waals surface area contributed by atoms with Crippen molar-refractivity contribution in [3.05, 3.63) is 32.8 Å². The lowest BCUT2D eigenvalue weighted by Crippen LogP contribution is -2.35. The molecule has 1 unspecified atom stereocenters. The van der Waals surface area contributed by atoms with E-state index in [9.17, 15) is 18.5 Å². The minimum atomic E-state index is -3.98. The standard InChI is InChI=1S/C10H13BrN2O5S/c1-7(6-18-2)12-19(16,17)10-5-8(11)3-4-9(10)13(14)15/h3-5,7,12H,6H2,1-2H3. The highest BCUT2D eigenvalue weighted by atomic mass is 79.9. The molecule has 0 bridgehead atoms. The minimum absolute atomic E-state index is 0.168. The highest BCUT2D eigenvalue weighted by Crippen LogP contribution is 2.27. The van der Waals surface area contributed by atoms with Crippen molar-refractivity contribution >= 4 is 31.6 Å². The molecule has 1 rings (SSSR count). The first-order valence-electron chi connectivity index (χ1n) is 5.23. The average Bonchev–Trinajstić information content (AvgIpc) is 2.27. The van der Waals surface area contributed by atoms with Crippen LogP contribution in [0, 0.1) is 10.1 Å². The zero-order chi connectivity index (χ0) is 14.6. The smallest absolute Gasteiger partial charge is 0.289 e. The molecule has 0 aliphatic heterocycles. The number of nitrogens with one attached hydrogen (secondary N) is 1. The second kappa shape index (κ2) is 6.42. The van der Waals surface area contributed by atoms with Crippen molar-refractivity contribution in [2.24, 2.45) is 0 Å². The number of hydrogen-bond donors (Lipinski definition) is 1. The van der Waals surface area contributed by atoms with Gasteiger partial charge < -0.3 is 4.74 Å². The molecule has 0 spiro atoms. The van der Waals surface area contributed by atoms with E-state index in [1.807, 2.05) is 0 Å². The van der Waals surface area contributed by atoms with Crippen molar-refractivity contribution in [3.8, 4) is 0 Å². The number of nitro benzene ring substituents is 1. The lowest BCUT2D eigenvalue weighted by Gasteiger charge is -2.13. The molecule has 7 nitrogen and oxygen atoms in total. The molecule has 0 saturated carbocycles. The van der Waals surface area contributed by atoms with E-state index in [2.05, 4.69) is 20.7 Å². The first-order valence-corrected chi connectivity index (χ1v) is 7.50. The van der Waals surface area contributed by atoms with Crippen LogP contribution in [0.2, 0.25) is 0 Å². The molecule has 0 aromatic heterocycles. The zero-order valence-electron chi connectivity index (χ0n) is 10.3. The Labute approximate surface area is 119 Å². The molecule has 0 aliphatic carbocycles. The SMILES string of the molecule is COCC(C)NS(=O)(=O)c1cc(Br)ccc1[N+](=O)[O-]. The number of sulfonamides is 1. The molecule has 0 aliphatic rings. The topological polar surface area (TPSA) is 98.5 Å². The Hall–Kier alpha value is -1.03. The first-order chi connectivity index (χ1) is 8.77. The van der Waals surface area contributed by atoms with E-state index in [4.69, 9.17) is 4.74 Å². The Balaban J connectivity index is 3.20. The van der Waals surface area contributed by atoms with Gasteiger partial charge in [-0.3, -0.25) is 10.1 Å². The largest absolute Gasteiger partial charge is 0.383 e. The number of methoxy groups -OCH3 is 1. The van der Waals surface area contributed by atoms with Gasteiger partial charge in [-0.25, -0.2) is 13.1 Å². The summed E-state index contributed by atoms with van der Waals surface area (Å²) in [6.45, 7) is 1.77. The van der Waals surface area contributed by atoms with Gasteiger partial charge in [0.1, 0.15) is 0 Å². The highest BCUT2D eigenvalue weighted by molar-refractivity contribution is 9.10. The summed E-state index contributed by atoms with van der Waals surface area (Å²) in [6, 6.07) is 3.25. The molecule has 1 aromatic carbocycles. The van der Waals surface area contributed by atoms with E-state index < -0.39 is 26.7 Å². The third kappa shape index (κ3) is 4.23. The van der Waals surface area contributed by atoms with Gasteiger partial charge in [-0.1, -0.05) is 15.9 Å². The summed E-state index contributed by atoms with van der Waals surface area (Å²) >= 11 is 3.10. The van der Waals surface area contributed by atoms with Gasteiger partial charge in [0.2, 0.25) is 10.0 Å². The molecule has 19 heavy (non-hydrogen) atoms. The predicted octanol–water partition coefficient (Wildman–Crippen LogP) is 1.67. The number of nitrogens with zero attached hydrogens (tertiary/aromatic N) is 1. The van der Waals surface area contributed by atoms with E-state index in [1.165, 1.54) is 19.2 Å². The first kappa shape index (κ1) is 16.0. The van der Waals surface area contributed by atoms with Crippen LogP contribution in [-0.2, 0) is 14.8 Å². The summed E-state index contributed by atoms with van der Waals surface area (Å²) in [5, 5.41) is 10.9. The van der Waals surface area contributed by atoms with Crippen molar-refractivity contribution < 1.29 is 18.1 Å². The summed E-state index contributed by atoms with van der Waals surface area (Å²) in [4.78, 5) is 9.75. The summed E-state index contributed by atoms with van der Waals surface area (Å²) < 4.78 is 31.8. The van der Waals surface area contributed by atoms with Crippen molar-refractivity contribution in [2.45, 2.75) is 17.9 Å². The molecule has 106 valence electrons. The molecule has 1 atom stereocenters. The van der Waals surface area contributed by atoms with Gasteiger partial charge in [0, 0.05) is 23.7 Å². The Bertz CT molecular complexity index is 575. The predicted molar refractivity (Wildman–Crippen MR) is 72.5 cm³/mol. The van der Waals surface area contributed by atoms with Crippen molar-refractivity contribution in [3.63, 3.8) is 0 Å². The second-order valence-electron chi connectivity index (χ2n) is 3.85. The summed E-state index contributed by atoms with van der Waals surface area (Å²) in [6.07, 6.45) is 0. The van der Waals surface area contributed by atoms with E-state index in [-0.39, 0.29) is 11.5 Å². The van der Waals surface area contributed by atoms with Gasteiger partial charge in [-0.2, -0.15) is 0 Å². The molecule has 0 amide bonds. The molecule has 1 aromatic rings. The number of benzene rings is 1. The number of halogens is 1. The van der Waals surface area contributed by atoms with Gasteiger partial charge >= 0.3 is 0 Å². The van der Waals surface area contributed by atoms with Crippen LogP contribution in [0.4, 0.5) is 5.69 Å². The lowest BCUT2D eigenvalue weighted by atomic mass is 10.3. The van der Waals surface area contributed by atoms with Gasteiger partial charge in [0.25, 0.3) is 5.69 Å². The van der Waals surface area contributed by atoms with Crippen LogP contribution < -0.4 is 4.72 Å². The molecule has 9 heteroatoms. The Morgan fingerprint density at radius 3 is 2.68 bits per heavy atom. The van der Waals surface area contributed by atoms with Crippen LogP contribution in [0.3, 0.4) is 0 Å². The fourth-order valence-electron chi connectivity index (χ4n) is 1.47. The maximum atomic E-state index is 12.1. The van der Waals surface area contributed by atoms with E-state index in [1.54, 1.807) is 6.92 Å². The third-order valence-corrected chi connectivity index (χ3v) is 4.29. The maximum absolute atomic E-state index is 12.1. The summed E-state index contributed by atoms with van der Waals surface area (Å²) in [7, 11) is -2.54. The van der Waals surface area contributed by atoms with E-state index >= 15 is 0 Å². The lowest BCUT2D eigenvalue weighted by molar-refractivity contribution is -0.387. The average molecular weight is 353 g/mol. The van der Waals surface area contributed by atoms with Crippen LogP contribution in [0.15, 0.2) is 27.6 Å². The van der Waals surface area contributed by atoms with Crippen LogP contribution in [0.5, 0.6) is 0 Å². The monoisotopic (exact) mass is 352 g/mol. The Kier molecular flexibility index (Phi) is 5.41. The van der Waals surface area contributed by atoms with E-state index in [0.29, 0.717) is 4.47 Å². The van der Waals surface area contributed by atoms with Gasteiger partial charge in [-0.15, -0.1) is 0 Å². The Morgan fingerprint density at radius 2 is 2.16 bits per heavy atom. The quantitative estimate of drug-likeness (QED) is 0.620. The highest BCUT2D eigenvalue weighted by Gasteiger charge is 2.27. The second-order valence-corrected chi connectivity index (χ2v) is 6.44. The fourth-order valence-corrected chi connectivity index (χ4v) is 3.40. The molecule has 0 fully saturated rings. The zero-order valence-corrected chi connectivity index (χ0v) is 12.7. The van der Waals surface area contributed by atoms with Crippen molar-refractivity contribution in [2.75, 3.05) is 13.7 Å². The molecule has 0 saturated heterocycles. The van der Waals surface area contributed by atoms with Gasteiger partial charge in [0.05, 0.1) is 11.5 Å². The van der Waals surface area contributed by atoms with Crippen LogP contribution in [0.25, 0.3) is 0 Å². The fraction of sp³-hybridized carbons (Fsp3) is 0.400. The van der Waals surface area contributed by atoms with E-state index in [0.717, 1.165) is 6.07 Å². The summed E-state index contributed by atoms with van der Waals surface area (Å²) in [5.74, 6) is 0. The maximum Gasteiger partial charge on any atom is 0.289 e. The van der Waals surface area contributed by atoms with Gasteiger partial charge in [-0.05, 0) is 19.1 Å². The minimum Gasteiger partial charge on any atom is -0.383 e. The van der Waals surface area contributed by atoms with Crippen molar-refractivity contribution in [1.29, 1.82) is 0 Å². The normalized spacial score (nSPS) is 13.2. The number of rotatable bonds is 6. The van der Waals surface area contributed by atoms with Gasteiger partial charge in [0.15, 0.2) is 4.90 Å². The molecular formula is C10H13BrN2O5S. The van der Waals surface area contributed by atoms with Crippen molar-refractivity contribution in [1.82, 2.24) is 4.72 Å². The number of ether oxygens (including phenoxy) is 1. The molecule has 1 N–H and O–H groups in total. The third-order valence-electron chi connectivity index (χ3n) is 2.18. The molecule has 0 radical (unpaired) electrons.